The molecule has 1 heterocycles. The van der Waals surface area contributed by atoms with Crippen LogP contribution in [0.1, 0.15) is 13.3 Å². The second-order valence-electron chi connectivity index (χ2n) is 4.94. The van der Waals surface area contributed by atoms with Gasteiger partial charge in [0.1, 0.15) is 6.10 Å². The van der Waals surface area contributed by atoms with Crippen molar-refractivity contribution in [2.75, 3.05) is 53.4 Å². The van der Waals surface area contributed by atoms with Crippen molar-refractivity contribution in [3.05, 3.63) is 0 Å². The summed E-state index contributed by atoms with van der Waals surface area (Å²) in [5.74, 6) is -0.110. The molecule has 5 nitrogen and oxygen atoms in total. The first-order valence-corrected chi connectivity index (χ1v) is 6.35. The molecule has 0 aromatic rings. The summed E-state index contributed by atoms with van der Waals surface area (Å²) in [6, 6.07) is 0. The molecule has 1 fully saturated rings. The minimum atomic E-state index is -0.110. The second-order valence-corrected chi connectivity index (χ2v) is 4.94. The normalized spacial score (nSPS) is 20.0. The third-order valence-electron chi connectivity index (χ3n) is 2.74. The molecule has 1 aliphatic heterocycles. The Morgan fingerprint density at radius 3 is 2.88 bits per heavy atom. The highest BCUT2D eigenvalue weighted by molar-refractivity contribution is 5.71. The highest BCUT2D eigenvalue weighted by Crippen LogP contribution is 1.99. The van der Waals surface area contributed by atoms with E-state index in [-0.39, 0.29) is 12.1 Å². The van der Waals surface area contributed by atoms with Crippen molar-refractivity contribution in [2.45, 2.75) is 19.4 Å². The number of carbonyl (C=O) groups excluding carboxylic acids is 1. The van der Waals surface area contributed by atoms with Crippen LogP contribution in [0.5, 0.6) is 0 Å². The zero-order valence-electron chi connectivity index (χ0n) is 11.2. The quantitative estimate of drug-likeness (QED) is 0.676. The third kappa shape index (κ3) is 6.61. The fourth-order valence-corrected chi connectivity index (χ4v) is 2.06. The van der Waals surface area contributed by atoms with Crippen LogP contribution in [0.2, 0.25) is 0 Å². The minimum absolute atomic E-state index is 0.0393. The third-order valence-corrected chi connectivity index (χ3v) is 2.74. The standard InChI is InChI=1S/C12H25N3O2/c1-11(9-14(2)3)17-12(16)10-15-7-4-5-13-6-8-15/h11,13H,4-10H2,1-3H3. The molecular formula is C12H25N3O2. The Bertz CT molecular complexity index is 226. The van der Waals surface area contributed by atoms with Crippen molar-refractivity contribution in [1.82, 2.24) is 15.1 Å². The summed E-state index contributed by atoms with van der Waals surface area (Å²) in [7, 11) is 3.95. The van der Waals surface area contributed by atoms with Crippen molar-refractivity contribution in [3.63, 3.8) is 0 Å². The molecule has 100 valence electrons. The lowest BCUT2D eigenvalue weighted by molar-refractivity contribution is -0.150. The van der Waals surface area contributed by atoms with E-state index in [4.69, 9.17) is 4.74 Å². The van der Waals surface area contributed by atoms with Gasteiger partial charge in [0.2, 0.25) is 0 Å². The zero-order valence-corrected chi connectivity index (χ0v) is 11.2. The van der Waals surface area contributed by atoms with E-state index in [2.05, 4.69) is 10.2 Å². The van der Waals surface area contributed by atoms with Gasteiger partial charge in [0.15, 0.2) is 0 Å². The van der Waals surface area contributed by atoms with Gasteiger partial charge in [-0.15, -0.1) is 0 Å². The van der Waals surface area contributed by atoms with Crippen LogP contribution in [0, 0.1) is 0 Å². The Labute approximate surface area is 104 Å². The topological polar surface area (TPSA) is 44.8 Å². The molecule has 1 atom stereocenters. The van der Waals surface area contributed by atoms with Crippen LogP contribution in [0.3, 0.4) is 0 Å². The second kappa shape index (κ2) is 7.63. The number of esters is 1. The highest BCUT2D eigenvalue weighted by Gasteiger charge is 2.15. The van der Waals surface area contributed by atoms with Crippen LogP contribution in [-0.2, 0) is 9.53 Å². The first-order valence-electron chi connectivity index (χ1n) is 6.35. The Morgan fingerprint density at radius 2 is 2.18 bits per heavy atom. The summed E-state index contributed by atoms with van der Waals surface area (Å²) in [6.45, 7) is 7.03. The van der Waals surface area contributed by atoms with E-state index in [1.165, 1.54) is 0 Å². The molecular weight excluding hydrogens is 218 g/mol. The van der Waals surface area contributed by atoms with E-state index in [1.54, 1.807) is 0 Å². The van der Waals surface area contributed by atoms with Gasteiger partial charge in [-0.25, -0.2) is 0 Å². The molecule has 17 heavy (non-hydrogen) atoms. The molecule has 0 radical (unpaired) electrons. The Balaban J connectivity index is 2.23. The molecule has 1 N–H and O–H groups in total. The summed E-state index contributed by atoms with van der Waals surface area (Å²) in [5.41, 5.74) is 0. The van der Waals surface area contributed by atoms with Crippen LogP contribution in [0.15, 0.2) is 0 Å². The SMILES string of the molecule is CC(CN(C)C)OC(=O)CN1CCCNCC1. The van der Waals surface area contributed by atoms with Crippen LogP contribution in [0.25, 0.3) is 0 Å². The van der Waals surface area contributed by atoms with Crippen LogP contribution in [0.4, 0.5) is 0 Å². The van der Waals surface area contributed by atoms with Gasteiger partial charge in [0.05, 0.1) is 6.54 Å². The Kier molecular flexibility index (Phi) is 6.47. The van der Waals surface area contributed by atoms with Crippen molar-refractivity contribution in [2.24, 2.45) is 0 Å². The molecule has 0 saturated carbocycles. The fourth-order valence-electron chi connectivity index (χ4n) is 2.06. The molecule has 0 amide bonds. The van der Waals surface area contributed by atoms with Gasteiger partial charge in [-0.1, -0.05) is 0 Å². The lowest BCUT2D eigenvalue weighted by atomic mass is 10.3. The lowest BCUT2D eigenvalue weighted by Gasteiger charge is -2.21. The average molecular weight is 243 g/mol. The maximum Gasteiger partial charge on any atom is 0.320 e. The summed E-state index contributed by atoms with van der Waals surface area (Å²) in [6.07, 6.45) is 1.06. The van der Waals surface area contributed by atoms with E-state index in [1.807, 2.05) is 25.9 Å². The molecule has 1 saturated heterocycles. The number of carbonyl (C=O) groups is 1. The summed E-state index contributed by atoms with van der Waals surface area (Å²) in [5, 5.41) is 3.32. The number of hydrogen-bond acceptors (Lipinski definition) is 5. The first kappa shape index (κ1) is 14.4. The van der Waals surface area contributed by atoms with Gasteiger partial charge in [0, 0.05) is 19.6 Å². The number of ether oxygens (including phenoxy) is 1. The number of likely N-dealkylation sites (N-methyl/N-ethyl adjacent to an activating group) is 1. The molecule has 0 aromatic carbocycles. The molecule has 5 heteroatoms. The predicted octanol–water partition coefficient (Wildman–Crippen LogP) is -0.225. The Hall–Kier alpha value is -0.650. The largest absolute Gasteiger partial charge is 0.460 e. The average Bonchev–Trinajstić information content (AvgIpc) is 2.44. The molecule has 0 spiro atoms. The summed E-state index contributed by atoms with van der Waals surface area (Å²) >= 11 is 0. The van der Waals surface area contributed by atoms with Gasteiger partial charge in [-0.3, -0.25) is 9.69 Å². The van der Waals surface area contributed by atoms with Gasteiger partial charge in [-0.2, -0.15) is 0 Å². The van der Waals surface area contributed by atoms with Gasteiger partial charge in [-0.05, 0) is 40.5 Å². The number of hydrogen-bond donors (Lipinski definition) is 1. The monoisotopic (exact) mass is 243 g/mol. The molecule has 0 aromatic heterocycles. The van der Waals surface area contributed by atoms with Crippen molar-refractivity contribution in [3.8, 4) is 0 Å². The highest BCUT2D eigenvalue weighted by atomic mass is 16.5. The van der Waals surface area contributed by atoms with Crippen molar-refractivity contribution >= 4 is 5.97 Å². The van der Waals surface area contributed by atoms with Gasteiger partial charge < -0.3 is 15.0 Å². The molecule has 1 aliphatic rings. The number of nitrogens with one attached hydrogen (secondary N) is 1. The maximum absolute atomic E-state index is 11.7. The maximum atomic E-state index is 11.7. The van der Waals surface area contributed by atoms with Gasteiger partial charge in [0.25, 0.3) is 0 Å². The van der Waals surface area contributed by atoms with Gasteiger partial charge >= 0.3 is 5.97 Å². The van der Waals surface area contributed by atoms with Crippen molar-refractivity contribution in [1.29, 1.82) is 0 Å². The Morgan fingerprint density at radius 1 is 1.41 bits per heavy atom. The molecule has 0 bridgehead atoms. The van der Waals surface area contributed by atoms with E-state index < -0.39 is 0 Å². The molecule has 0 aliphatic carbocycles. The lowest BCUT2D eigenvalue weighted by Crippen LogP contribution is -2.36. The van der Waals surface area contributed by atoms with Crippen molar-refractivity contribution < 1.29 is 9.53 Å². The predicted molar refractivity (Wildman–Crippen MR) is 68.0 cm³/mol. The van der Waals surface area contributed by atoms with Crippen LogP contribution < -0.4 is 5.32 Å². The van der Waals surface area contributed by atoms with E-state index in [0.717, 1.165) is 39.1 Å². The zero-order chi connectivity index (χ0) is 12.7. The molecule has 1 rings (SSSR count). The number of rotatable bonds is 5. The fraction of sp³-hybridized carbons (Fsp3) is 0.917. The van der Waals surface area contributed by atoms with Crippen LogP contribution >= 0.6 is 0 Å². The van der Waals surface area contributed by atoms with E-state index >= 15 is 0 Å². The first-order chi connectivity index (χ1) is 8.08. The number of nitrogens with zero attached hydrogens (tertiary/aromatic N) is 2. The summed E-state index contributed by atoms with van der Waals surface area (Å²) in [4.78, 5) is 15.9. The minimum Gasteiger partial charge on any atom is -0.460 e. The molecule has 1 unspecified atom stereocenters. The van der Waals surface area contributed by atoms with E-state index in [9.17, 15) is 4.79 Å². The smallest absolute Gasteiger partial charge is 0.320 e. The van der Waals surface area contributed by atoms with E-state index in [0.29, 0.717) is 6.54 Å². The summed E-state index contributed by atoms with van der Waals surface area (Å²) < 4.78 is 5.36. The van der Waals surface area contributed by atoms with Crippen LogP contribution in [-0.4, -0.2) is 75.2 Å².